The highest BCUT2D eigenvalue weighted by atomic mass is 16.2. The number of hydrogen-bond donors (Lipinski definition) is 1. The fraction of sp³-hybridized carbons (Fsp3) is 0.355. The number of hydrogen-bond acceptors (Lipinski definition) is 2. The van der Waals surface area contributed by atoms with Crippen molar-refractivity contribution in [2.45, 2.75) is 71.0 Å². The van der Waals surface area contributed by atoms with Gasteiger partial charge in [-0.3, -0.25) is 9.59 Å². The summed E-state index contributed by atoms with van der Waals surface area (Å²) in [5.41, 5.74) is 5.35. The van der Waals surface area contributed by atoms with Crippen molar-refractivity contribution in [2.24, 2.45) is 0 Å². The number of rotatable bonds is 9. The fourth-order valence-electron chi connectivity index (χ4n) is 4.91. The Bertz CT molecular complexity index is 1120. The molecular formula is C31H36N2O2. The largest absolute Gasteiger partial charge is 0.352 e. The minimum Gasteiger partial charge on any atom is -0.352 e. The van der Waals surface area contributed by atoms with Gasteiger partial charge < -0.3 is 10.2 Å². The van der Waals surface area contributed by atoms with Gasteiger partial charge in [-0.15, -0.1) is 0 Å². The van der Waals surface area contributed by atoms with Crippen LogP contribution in [-0.4, -0.2) is 28.8 Å². The third-order valence-corrected chi connectivity index (χ3v) is 6.88. The lowest BCUT2D eigenvalue weighted by Gasteiger charge is -2.32. The van der Waals surface area contributed by atoms with Gasteiger partial charge in [-0.2, -0.15) is 0 Å². The van der Waals surface area contributed by atoms with Crippen LogP contribution in [0, 0.1) is 13.8 Å². The molecule has 1 saturated carbocycles. The molecule has 4 heteroatoms. The van der Waals surface area contributed by atoms with Gasteiger partial charge in [-0.1, -0.05) is 103 Å². The van der Waals surface area contributed by atoms with E-state index in [1.807, 2.05) is 61.5 Å². The van der Waals surface area contributed by atoms with E-state index in [2.05, 4.69) is 36.5 Å². The van der Waals surface area contributed by atoms with Gasteiger partial charge in [0.15, 0.2) is 0 Å². The van der Waals surface area contributed by atoms with Crippen LogP contribution in [0.5, 0.6) is 0 Å². The highest BCUT2D eigenvalue weighted by Crippen LogP contribution is 2.21. The Morgan fingerprint density at radius 2 is 1.51 bits per heavy atom. The molecule has 182 valence electrons. The molecule has 1 atom stereocenters. The van der Waals surface area contributed by atoms with E-state index in [1.165, 1.54) is 5.56 Å². The first-order valence-electron chi connectivity index (χ1n) is 12.7. The number of amides is 2. The molecule has 0 spiro atoms. The Labute approximate surface area is 209 Å². The van der Waals surface area contributed by atoms with Crippen molar-refractivity contribution in [1.29, 1.82) is 0 Å². The molecule has 1 aliphatic carbocycles. The van der Waals surface area contributed by atoms with Gasteiger partial charge in [0.25, 0.3) is 0 Å². The number of benzene rings is 3. The van der Waals surface area contributed by atoms with E-state index in [0.29, 0.717) is 13.0 Å². The highest BCUT2D eigenvalue weighted by Gasteiger charge is 2.32. The molecule has 4 rings (SSSR count). The van der Waals surface area contributed by atoms with Crippen molar-refractivity contribution in [2.75, 3.05) is 0 Å². The monoisotopic (exact) mass is 468 g/mol. The molecule has 2 amide bonds. The van der Waals surface area contributed by atoms with Crippen LogP contribution in [0.15, 0.2) is 78.9 Å². The normalized spacial score (nSPS) is 14.5. The van der Waals surface area contributed by atoms with Crippen LogP contribution in [0.2, 0.25) is 0 Å². The molecule has 0 radical (unpaired) electrons. The van der Waals surface area contributed by atoms with Gasteiger partial charge in [0, 0.05) is 19.0 Å². The SMILES string of the molecule is Cc1ccc(CN(C(=O)Cc2cccc(C)c2)[C@H](Cc2ccccc2)C(=O)NC2CCCC2)cc1. The van der Waals surface area contributed by atoms with Crippen molar-refractivity contribution < 1.29 is 9.59 Å². The van der Waals surface area contributed by atoms with Crippen LogP contribution in [0.25, 0.3) is 0 Å². The van der Waals surface area contributed by atoms with E-state index < -0.39 is 6.04 Å². The summed E-state index contributed by atoms with van der Waals surface area (Å²) in [4.78, 5) is 29.3. The molecular weight excluding hydrogens is 432 g/mol. The fourth-order valence-corrected chi connectivity index (χ4v) is 4.91. The zero-order valence-electron chi connectivity index (χ0n) is 20.9. The van der Waals surface area contributed by atoms with Crippen molar-refractivity contribution in [3.8, 4) is 0 Å². The molecule has 1 N–H and O–H groups in total. The molecule has 0 heterocycles. The van der Waals surface area contributed by atoms with Crippen LogP contribution in [-0.2, 0) is 29.0 Å². The quantitative estimate of drug-likeness (QED) is 0.448. The molecule has 0 aromatic heterocycles. The van der Waals surface area contributed by atoms with Gasteiger partial charge in [0.1, 0.15) is 6.04 Å². The van der Waals surface area contributed by atoms with E-state index in [4.69, 9.17) is 0 Å². The van der Waals surface area contributed by atoms with Crippen molar-refractivity contribution in [3.63, 3.8) is 0 Å². The van der Waals surface area contributed by atoms with Gasteiger partial charge >= 0.3 is 0 Å². The second-order valence-corrected chi connectivity index (χ2v) is 9.87. The third kappa shape index (κ3) is 7.05. The van der Waals surface area contributed by atoms with Crippen molar-refractivity contribution in [3.05, 3.63) is 107 Å². The van der Waals surface area contributed by atoms with E-state index in [-0.39, 0.29) is 24.3 Å². The van der Waals surface area contributed by atoms with Crippen molar-refractivity contribution in [1.82, 2.24) is 10.2 Å². The van der Waals surface area contributed by atoms with Crippen LogP contribution < -0.4 is 5.32 Å². The molecule has 0 aliphatic heterocycles. The molecule has 3 aromatic rings. The summed E-state index contributed by atoms with van der Waals surface area (Å²) >= 11 is 0. The zero-order chi connectivity index (χ0) is 24.6. The second kappa shape index (κ2) is 11.8. The van der Waals surface area contributed by atoms with E-state index >= 15 is 0 Å². The maximum absolute atomic E-state index is 13.8. The summed E-state index contributed by atoms with van der Waals surface area (Å²) in [7, 11) is 0. The van der Waals surface area contributed by atoms with Crippen molar-refractivity contribution >= 4 is 11.8 Å². The molecule has 3 aromatic carbocycles. The topological polar surface area (TPSA) is 49.4 Å². The highest BCUT2D eigenvalue weighted by molar-refractivity contribution is 5.89. The predicted octanol–water partition coefficient (Wildman–Crippen LogP) is 5.54. The molecule has 1 fully saturated rings. The summed E-state index contributed by atoms with van der Waals surface area (Å²) in [5.74, 6) is -0.0795. The Hall–Kier alpha value is -3.40. The zero-order valence-corrected chi connectivity index (χ0v) is 20.9. The van der Waals surface area contributed by atoms with Crippen LogP contribution >= 0.6 is 0 Å². The van der Waals surface area contributed by atoms with Gasteiger partial charge in [-0.05, 0) is 43.4 Å². The summed E-state index contributed by atoms with van der Waals surface area (Å²) in [5, 5.41) is 3.27. The average molecular weight is 469 g/mol. The molecule has 0 saturated heterocycles. The first-order valence-corrected chi connectivity index (χ1v) is 12.7. The lowest BCUT2D eigenvalue weighted by Crippen LogP contribution is -2.52. The van der Waals surface area contributed by atoms with E-state index in [1.54, 1.807) is 4.90 Å². The van der Waals surface area contributed by atoms with E-state index in [9.17, 15) is 9.59 Å². The van der Waals surface area contributed by atoms with Gasteiger partial charge in [0.2, 0.25) is 11.8 Å². The predicted molar refractivity (Wildman–Crippen MR) is 141 cm³/mol. The second-order valence-electron chi connectivity index (χ2n) is 9.87. The lowest BCUT2D eigenvalue weighted by atomic mass is 10.0. The number of carbonyl (C=O) groups is 2. The molecule has 0 bridgehead atoms. The third-order valence-electron chi connectivity index (χ3n) is 6.88. The average Bonchev–Trinajstić information content (AvgIpc) is 3.36. The number of nitrogens with zero attached hydrogens (tertiary/aromatic N) is 1. The molecule has 4 nitrogen and oxygen atoms in total. The maximum Gasteiger partial charge on any atom is 0.243 e. The Kier molecular flexibility index (Phi) is 8.36. The lowest BCUT2D eigenvalue weighted by molar-refractivity contribution is -0.141. The van der Waals surface area contributed by atoms with E-state index in [0.717, 1.165) is 47.9 Å². The number of aryl methyl sites for hydroxylation is 2. The Morgan fingerprint density at radius 1 is 0.829 bits per heavy atom. The van der Waals surface area contributed by atoms with Gasteiger partial charge in [0.05, 0.1) is 6.42 Å². The minimum absolute atomic E-state index is 0.0290. The number of nitrogens with one attached hydrogen (secondary N) is 1. The van der Waals surface area contributed by atoms with Crippen LogP contribution in [0.4, 0.5) is 0 Å². The first-order chi connectivity index (χ1) is 17.0. The maximum atomic E-state index is 13.8. The first kappa shape index (κ1) is 24.7. The molecule has 35 heavy (non-hydrogen) atoms. The molecule has 0 unspecified atom stereocenters. The smallest absolute Gasteiger partial charge is 0.243 e. The number of carbonyl (C=O) groups excluding carboxylic acids is 2. The minimum atomic E-state index is -0.573. The van der Waals surface area contributed by atoms with Gasteiger partial charge in [-0.25, -0.2) is 0 Å². The standard InChI is InChI=1S/C31H36N2O2/c1-23-15-17-26(18-16-23)22-33(30(34)21-27-12-8-9-24(2)19-27)29(20-25-10-4-3-5-11-25)31(35)32-28-13-6-7-14-28/h3-5,8-12,15-19,28-29H,6-7,13-14,20-22H2,1-2H3,(H,32,35)/t29-/m1/s1. The summed E-state index contributed by atoms with van der Waals surface area (Å²) < 4.78 is 0. The Morgan fingerprint density at radius 3 is 2.20 bits per heavy atom. The van der Waals surface area contributed by atoms with Crippen LogP contribution in [0.3, 0.4) is 0 Å². The van der Waals surface area contributed by atoms with Crippen LogP contribution in [0.1, 0.15) is 53.5 Å². The summed E-state index contributed by atoms with van der Waals surface area (Å²) in [6.45, 7) is 4.49. The molecule has 1 aliphatic rings. The summed E-state index contributed by atoms with van der Waals surface area (Å²) in [6.07, 6.45) is 5.08. The Balaban J connectivity index is 1.65. The summed E-state index contributed by atoms with van der Waals surface area (Å²) in [6, 6.07) is 25.9.